The number of carbonyl (C=O) groups is 1. The predicted molar refractivity (Wildman–Crippen MR) is 167 cm³/mol. The van der Waals surface area contributed by atoms with Crippen molar-refractivity contribution < 1.29 is 19.0 Å². The van der Waals surface area contributed by atoms with Crippen LogP contribution in [-0.4, -0.2) is 68.6 Å². The lowest BCUT2D eigenvalue weighted by molar-refractivity contribution is 0.0321. The molecule has 218 valence electrons. The lowest BCUT2D eigenvalue weighted by Crippen LogP contribution is -2.38. The minimum atomic E-state index is -0.308. The smallest absolute Gasteiger partial charge is 0.272 e. The fourth-order valence-electron chi connectivity index (χ4n) is 4.95. The number of pyridine rings is 1. The zero-order valence-corrected chi connectivity index (χ0v) is 24.5. The Kier molecular flexibility index (Phi) is 9.79. The van der Waals surface area contributed by atoms with E-state index in [4.69, 9.17) is 19.2 Å². The molecule has 1 saturated heterocycles. The highest BCUT2D eigenvalue weighted by molar-refractivity contribution is 6.07. The van der Waals surface area contributed by atoms with Crippen LogP contribution in [0.25, 0.3) is 22.2 Å². The van der Waals surface area contributed by atoms with Crippen molar-refractivity contribution in [2.75, 3.05) is 46.6 Å². The van der Waals surface area contributed by atoms with Gasteiger partial charge in [0.1, 0.15) is 6.61 Å². The molecule has 1 aliphatic rings. The molecule has 0 aliphatic carbocycles. The number of methoxy groups -OCH3 is 1. The van der Waals surface area contributed by atoms with Gasteiger partial charge in [0.15, 0.2) is 11.5 Å². The van der Waals surface area contributed by atoms with Gasteiger partial charge in [-0.1, -0.05) is 56.3 Å². The molecule has 42 heavy (non-hydrogen) atoms. The third kappa shape index (κ3) is 7.13. The molecule has 1 fully saturated rings. The monoisotopic (exact) mass is 566 g/mol. The second kappa shape index (κ2) is 14.1. The third-order valence-corrected chi connectivity index (χ3v) is 7.68. The van der Waals surface area contributed by atoms with Crippen molar-refractivity contribution in [3.63, 3.8) is 0 Å². The van der Waals surface area contributed by atoms with Crippen LogP contribution in [-0.2, 0) is 4.74 Å². The third-order valence-electron chi connectivity index (χ3n) is 7.68. The van der Waals surface area contributed by atoms with Gasteiger partial charge in [0.05, 0.1) is 43.3 Å². The highest BCUT2D eigenvalue weighted by Crippen LogP contribution is 2.29. The zero-order valence-electron chi connectivity index (χ0n) is 24.5. The van der Waals surface area contributed by atoms with Crippen molar-refractivity contribution in [3.8, 4) is 22.8 Å². The van der Waals surface area contributed by atoms with E-state index in [1.807, 2.05) is 48.5 Å². The van der Waals surface area contributed by atoms with Crippen LogP contribution in [0.1, 0.15) is 47.7 Å². The van der Waals surface area contributed by atoms with Gasteiger partial charge in [-0.15, -0.1) is 0 Å². The molecule has 1 aliphatic heterocycles. The normalized spacial score (nSPS) is 14.6. The summed E-state index contributed by atoms with van der Waals surface area (Å²) in [7, 11) is 1.61. The largest absolute Gasteiger partial charge is 0.493 e. The molecule has 8 heteroatoms. The molecular formula is C34H38N4O4. The van der Waals surface area contributed by atoms with E-state index < -0.39 is 0 Å². The summed E-state index contributed by atoms with van der Waals surface area (Å²) in [6.07, 6.45) is 2.67. The highest BCUT2D eigenvalue weighted by Gasteiger charge is 2.15. The fraction of sp³-hybridized carbons (Fsp3) is 0.324. The van der Waals surface area contributed by atoms with Gasteiger partial charge in [0.25, 0.3) is 5.91 Å². The van der Waals surface area contributed by atoms with E-state index in [1.54, 1.807) is 13.3 Å². The molecule has 1 amide bonds. The number of para-hydroxylation sites is 1. The van der Waals surface area contributed by atoms with Gasteiger partial charge >= 0.3 is 0 Å². The van der Waals surface area contributed by atoms with Gasteiger partial charge in [0.2, 0.25) is 0 Å². The maximum absolute atomic E-state index is 13.3. The Balaban J connectivity index is 1.28. The van der Waals surface area contributed by atoms with Gasteiger partial charge < -0.3 is 14.2 Å². The van der Waals surface area contributed by atoms with E-state index in [2.05, 4.69) is 53.5 Å². The molecule has 1 aromatic heterocycles. The molecule has 3 aromatic carbocycles. The number of amides is 1. The van der Waals surface area contributed by atoms with Gasteiger partial charge in [-0.25, -0.2) is 10.4 Å². The Morgan fingerprint density at radius 3 is 2.62 bits per heavy atom. The van der Waals surface area contributed by atoms with Crippen LogP contribution in [0.3, 0.4) is 0 Å². The van der Waals surface area contributed by atoms with Gasteiger partial charge in [0, 0.05) is 30.6 Å². The van der Waals surface area contributed by atoms with Crippen LogP contribution in [0, 0.1) is 0 Å². The zero-order chi connectivity index (χ0) is 29.3. The van der Waals surface area contributed by atoms with E-state index in [-0.39, 0.29) is 5.91 Å². The van der Waals surface area contributed by atoms with Crippen LogP contribution in [0.5, 0.6) is 11.5 Å². The van der Waals surface area contributed by atoms with Crippen molar-refractivity contribution in [1.82, 2.24) is 15.3 Å². The predicted octanol–water partition coefficient (Wildman–Crippen LogP) is 5.90. The number of benzene rings is 3. The Morgan fingerprint density at radius 1 is 1.07 bits per heavy atom. The van der Waals surface area contributed by atoms with Gasteiger partial charge in [-0.05, 0) is 53.8 Å². The van der Waals surface area contributed by atoms with Crippen molar-refractivity contribution in [2.45, 2.75) is 26.2 Å². The van der Waals surface area contributed by atoms with Crippen LogP contribution < -0.4 is 14.9 Å². The number of hydrogen-bond acceptors (Lipinski definition) is 7. The number of ether oxygens (including phenoxy) is 3. The maximum atomic E-state index is 13.3. The minimum Gasteiger partial charge on any atom is -0.493 e. The number of carbonyl (C=O) groups excluding carboxylic acids is 1. The summed E-state index contributed by atoms with van der Waals surface area (Å²) < 4.78 is 16.9. The average molecular weight is 567 g/mol. The Morgan fingerprint density at radius 2 is 1.86 bits per heavy atom. The second-order valence-electron chi connectivity index (χ2n) is 10.4. The Labute approximate surface area is 247 Å². The molecule has 4 aromatic rings. The molecular weight excluding hydrogens is 528 g/mol. The Bertz CT molecular complexity index is 1530. The lowest BCUT2D eigenvalue weighted by Gasteiger charge is -2.26. The summed E-state index contributed by atoms with van der Waals surface area (Å²) in [6.45, 7) is 9.16. The minimum absolute atomic E-state index is 0.308. The standard InChI is InChI=1S/C34H38N4O4/c1-4-24(2)26-10-12-27(13-11-26)31-22-29(28-7-5-6-8-30(28)36-31)34(39)37-35-23-25-9-14-32(33(21-25)40-3)42-20-17-38-15-18-41-19-16-38/h5-14,21-24H,4,15-20H2,1-3H3,(H,37,39)/b35-23-. The van der Waals surface area contributed by atoms with Crippen LogP contribution in [0.15, 0.2) is 77.9 Å². The van der Waals surface area contributed by atoms with Gasteiger partial charge in [-0.3, -0.25) is 9.69 Å². The van der Waals surface area contributed by atoms with Crippen molar-refractivity contribution in [3.05, 3.63) is 89.5 Å². The van der Waals surface area contributed by atoms with Crippen molar-refractivity contribution in [1.29, 1.82) is 0 Å². The number of hydrazone groups is 1. The maximum Gasteiger partial charge on any atom is 0.272 e. The molecule has 1 atom stereocenters. The molecule has 0 radical (unpaired) electrons. The molecule has 0 saturated carbocycles. The number of rotatable bonds is 11. The SMILES string of the molecule is CCC(C)c1ccc(-c2cc(C(=O)N/N=C\c3ccc(OCCN4CCOCC4)c(OC)c3)c3ccccc3n2)cc1. The number of morpholine rings is 1. The quantitative estimate of drug-likeness (QED) is 0.180. The summed E-state index contributed by atoms with van der Waals surface area (Å²) >= 11 is 0. The summed E-state index contributed by atoms with van der Waals surface area (Å²) in [6, 6.07) is 23.5. The van der Waals surface area contributed by atoms with Crippen molar-refractivity contribution in [2.24, 2.45) is 5.10 Å². The first-order valence-electron chi connectivity index (χ1n) is 14.5. The van der Waals surface area contributed by atoms with Crippen molar-refractivity contribution >= 4 is 23.0 Å². The molecule has 0 bridgehead atoms. The van der Waals surface area contributed by atoms with E-state index in [0.717, 1.165) is 67.0 Å². The first kappa shape index (κ1) is 29.2. The molecule has 1 unspecified atom stereocenters. The highest BCUT2D eigenvalue weighted by atomic mass is 16.5. The van der Waals surface area contributed by atoms with E-state index in [1.165, 1.54) is 5.56 Å². The summed E-state index contributed by atoms with van der Waals surface area (Å²) in [5.41, 5.74) is 7.72. The number of nitrogens with one attached hydrogen (secondary N) is 1. The molecule has 5 rings (SSSR count). The number of nitrogens with zero attached hydrogens (tertiary/aromatic N) is 3. The number of hydrogen-bond donors (Lipinski definition) is 1. The summed E-state index contributed by atoms with van der Waals surface area (Å²) in [5, 5.41) is 5.01. The van der Waals surface area contributed by atoms with Crippen LogP contribution in [0.4, 0.5) is 0 Å². The van der Waals surface area contributed by atoms with E-state index in [9.17, 15) is 4.79 Å². The second-order valence-corrected chi connectivity index (χ2v) is 10.4. The van der Waals surface area contributed by atoms with E-state index >= 15 is 0 Å². The number of aromatic nitrogens is 1. The van der Waals surface area contributed by atoms with Crippen LogP contribution in [0.2, 0.25) is 0 Å². The fourth-order valence-corrected chi connectivity index (χ4v) is 4.95. The molecule has 0 spiro atoms. The Hall–Kier alpha value is -4.27. The molecule has 2 heterocycles. The molecule has 8 nitrogen and oxygen atoms in total. The average Bonchev–Trinajstić information content (AvgIpc) is 3.04. The summed E-state index contributed by atoms with van der Waals surface area (Å²) in [4.78, 5) is 20.5. The number of fused-ring (bicyclic) bond motifs is 1. The first-order valence-corrected chi connectivity index (χ1v) is 14.5. The first-order chi connectivity index (χ1) is 20.6. The summed E-state index contributed by atoms with van der Waals surface area (Å²) in [5.74, 6) is 1.46. The topological polar surface area (TPSA) is 85.3 Å². The van der Waals surface area contributed by atoms with Gasteiger partial charge in [-0.2, -0.15) is 5.10 Å². The van der Waals surface area contributed by atoms with E-state index in [0.29, 0.717) is 29.6 Å². The molecule has 1 N–H and O–H groups in total. The van der Waals surface area contributed by atoms with Crippen LogP contribution >= 0.6 is 0 Å². The lowest BCUT2D eigenvalue weighted by atomic mass is 9.96.